The highest BCUT2D eigenvalue weighted by molar-refractivity contribution is 6.12. The maximum Gasteiger partial charge on any atom is 0.270 e. The summed E-state index contributed by atoms with van der Waals surface area (Å²) in [6, 6.07) is 12.6. The molecule has 0 fully saturated rings. The highest BCUT2D eigenvalue weighted by atomic mass is 16.6. The molecule has 2 aromatic rings. The second-order valence-corrected chi connectivity index (χ2v) is 4.33. The van der Waals surface area contributed by atoms with Crippen molar-refractivity contribution in [1.29, 1.82) is 0 Å². The van der Waals surface area contributed by atoms with Gasteiger partial charge in [0.25, 0.3) is 5.69 Å². The SMILES string of the molecule is O=C(c1ccccc1)c1cc([N+](=O)[O-])ccc1NCCO. The quantitative estimate of drug-likeness (QED) is 0.482. The van der Waals surface area contributed by atoms with Crippen molar-refractivity contribution in [3.63, 3.8) is 0 Å². The Labute approximate surface area is 121 Å². The van der Waals surface area contributed by atoms with Gasteiger partial charge in [-0.1, -0.05) is 30.3 Å². The molecular weight excluding hydrogens is 272 g/mol. The fourth-order valence-corrected chi connectivity index (χ4v) is 1.92. The number of carbonyl (C=O) groups is 1. The van der Waals surface area contributed by atoms with Crippen molar-refractivity contribution < 1.29 is 14.8 Å². The molecule has 0 amide bonds. The van der Waals surface area contributed by atoms with E-state index in [-0.39, 0.29) is 30.2 Å². The van der Waals surface area contributed by atoms with E-state index in [1.165, 1.54) is 18.2 Å². The van der Waals surface area contributed by atoms with E-state index >= 15 is 0 Å². The second-order valence-electron chi connectivity index (χ2n) is 4.33. The molecule has 0 aromatic heterocycles. The van der Waals surface area contributed by atoms with Crippen LogP contribution in [0.15, 0.2) is 48.5 Å². The van der Waals surface area contributed by atoms with Crippen LogP contribution in [0.2, 0.25) is 0 Å². The molecular formula is C15H14N2O4. The van der Waals surface area contributed by atoms with Gasteiger partial charge >= 0.3 is 0 Å². The first-order chi connectivity index (χ1) is 10.1. The number of aliphatic hydroxyl groups excluding tert-OH is 1. The lowest BCUT2D eigenvalue weighted by Gasteiger charge is -2.10. The van der Waals surface area contributed by atoms with Crippen LogP contribution in [0.4, 0.5) is 11.4 Å². The molecule has 0 bridgehead atoms. The Morgan fingerprint density at radius 1 is 1.19 bits per heavy atom. The summed E-state index contributed by atoms with van der Waals surface area (Å²) in [5, 5.41) is 22.6. The number of nitro groups is 1. The molecule has 0 heterocycles. The molecule has 2 aromatic carbocycles. The van der Waals surface area contributed by atoms with Crippen LogP contribution in [-0.4, -0.2) is 29.0 Å². The predicted octanol–water partition coefficient (Wildman–Crippen LogP) is 2.23. The molecule has 0 unspecified atom stereocenters. The molecule has 6 heteroatoms. The summed E-state index contributed by atoms with van der Waals surface area (Å²) in [7, 11) is 0. The van der Waals surface area contributed by atoms with Gasteiger partial charge in [0, 0.05) is 29.9 Å². The molecule has 0 aliphatic heterocycles. The number of nitro benzene ring substituents is 1. The van der Waals surface area contributed by atoms with Gasteiger partial charge in [0.2, 0.25) is 0 Å². The lowest BCUT2D eigenvalue weighted by Crippen LogP contribution is -2.11. The molecule has 0 aliphatic carbocycles. The van der Waals surface area contributed by atoms with Crippen LogP contribution in [0.1, 0.15) is 15.9 Å². The first-order valence-electron chi connectivity index (χ1n) is 6.36. The van der Waals surface area contributed by atoms with Gasteiger partial charge in [0.1, 0.15) is 0 Å². The van der Waals surface area contributed by atoms with Gasteiger partial charge in [0.05, 0.1) is 17.1 Å². The zero-order valence-electron chi connectivity index (χ0n) is 11.2. The number of hydrogen-bond acceptors (Lipinski definition) is 5. The largest absolute Gasteiger partial charge is 0.395 e. The van der Waals surface area contributed by atoms with Crippen molar-refractivity contribution in [3.8, 4) is 0 Å². The van der Waals surface area contributed by atoms with Gasteiger partial charge in [-0.15, -0.1) is 0 Å². The second kappa shape index (κ2) is 6.62. The van der Waals surface area contributed by atoms with E-state index in [0.717, 1.165) is 0 Å². The van der Waals surface area contributed by atoms with Gasteiger partial charge in [-0.25, -0.2) is 0 Å². The lowest BCUT2D eigenvalue weighted by molar-refractivity contribution is -0.384. The van der Waals surface area contributed by atoms with Crippen LogP contribution in [0, 0.1) is 10.1 Å². The van der Waals surface area contributed by atoms with Gasteiger partial charge in [-0.05, 0) is 6.07 Å². The molecule has 0 spiro atoms. The minimum absolute atomic E-state index is 0.101. The van der Waals surface area contributed by atoms with E-state index in [1.54, 1.807) is 30.3 Å². The molecule has 0 saturated carbocycles. The smallest absolute Gasteiger partial charge is 0.270 e. The van der Waals surface area contributed by atoms with Crippen LogP contribution in [0.3, 0.4) is 0 Å². The Morgan fingerprint density at radius 3 is 2.52 bits per heavy atom. The maximum atomic E-state index is 12.5. The number of hydrogen-bond donors (Lipinski definition) is 2. The number of carbonyl (C=O) groups excluding carboxylic acids is 1. The molecule has 6 nitrogen and oxygen atoms in total. The summed E-state index contributed by atoms with van der Waals surface area (Å²) >= 11 is 0. The fourth-order valence-electron chi connectivity index (χ4n) is 1.92. The summed E-state index contributed by atoms with van der Waals surface area (Å²) < 4.78 is 0. The van der Waals surface area contributed by atoms with Crippen molar-refractivity contribution in [2.45, 2.75) is 0 Å². The van der Waals surface area contributed by atoms with E-state index in [1.807, 2.05) is 0 Å². The normalized spacial score (nSPS) is 10.1. The van der Waals surface area contributed by atoms with E-state index in [2.05, 4.69) is 5.32 Å². The third-order valence-electron chi connectivity index (χ3n) is 2.92. The molecule has 0 saturated heterocycles. The van der Waals surface area contributed by atoms with E-state index in [4.69, 9.17) is 5.11 Å². The fraction of sp³-hybridized carbons (Fsp3) is 0.133. The Balaban J connectivity index is 2.45. The minimum atomic E-state index is -0.544. The number of rotatable bonds is 6. The minimum Gasteiger partial charge on any atom is -0.395 e. The summed E-state index contributed by atoms with van der Waals surface area (Å²) in [6.45, 7) is 0.156. The van der Waals surface area contributed by atoms with Gasteiger partial charge < -0.3 is 10.4 Å². The number of benzene rings is 2. The van der Waals surface area contributed by atoms with E-state index in [0.29, 0.717) is 11.3 Å². The van der Waals surface area contributed by atoms with Crippen molar-refractivity contribution in [2.24, 2.45) is 0 Å². The van der Waals surface area contributed by atoms with Crippen molar-refractivity contribution in [3.05, 3.63) is 69.8 Å². The van der Waals surface area contributed by atoms with Crippen molar-refractivity contribution >= 4 is 17.2 Å². The van der Waals surface area contributed by atoms with Crippen LogP contribution in [0.5, 0.6) is 0 Å². The maximum absolute atomic E-state index is 12.5. The number of nitrogens with zero attached hydrogens (tertiary/aromatic N) is 1. The zero-order chi connectivity index (χ0) is 15.2. The Kier molecular flexibility index (Phi) is 4.63. The molecule has 2 rings (SSSR count). The molecule has 0 aliphatic rings. The predicted molar refractivity (Wildman–Crippen MR) is 78.5 cm³/mol. The average molecular weight is 286 g/mol. The standard InChI is InChI=1S/C15H14N2O4/c18-9-8-16-14-7-6-12(17(20)21)10-13(14)15(19)11-4-2-1-3-5-11/h1-7,10,16,18H,8-9H2. The van der Waals surface area contributed by atoms with Gasteiger partial charge in [0.15, 0.2) is 5.78 Å². The third kappa shape index (κ3) is 3.43. The highest BCUT2D eigenvalue weighted by Gasteiger charge is 2.17. The van der Waals surface area contributed by atoms with Crippen LogP contribution in [0.25, 0.3) is 0 Å². The van der Waals surface area contributed by atoms with Gasteiger partial charge in [-0.2, -0.15) is 0 Å². The third-order valence-corrected chi connectivity index (χ3v) is 2.92. The topological polar surface area (TPSA) is 92.5 Å². The molecule has 2 N–H and O–H groups in total. The summed E-state index contributed by atoms with van der Waals surface area (Å²) in [5.41, 5.74) is 0.973. The number of ketones is 1. The molecule has 108 valence electrons. The van der Waals surface area contributed by atoms with Crippen LogP contribution < -0.4 is 5.32 Å². The lowest BCUT2D eigenvalue weighted by atomic mass is 10.0. The molecule has 21 heavy (non-hydrogen) atoms. The summed E-state index contributed by atoms with van der Waals surface area (Å²) in [4.78, 5) is 22.8. The Hall–Kier alpha value is -2.73. The van der Waals surface area contributed by atoms with E-state index in [9.17, 15) is 14.9 Å². The monoisotopic (exact) mass is 286 g/mol. The zero-order valence-corrected chi connectivity index (χ0v) is 11.2. The van der Waals surface area contributed by atoms with E-state index < -0.39 is 4.92 Å². The number of nitrogens with one attached hydrogen (secondary N) is 1. The van der Waals surface area contributed by atoms with Crippen LogP contribution >= 0.6 is 0 Å². The first kappa shape index (κ1) is 14.7. The number of non-ortho nitro benzene ring substituents is 1. The summed E-state index contributed by atoms with van der Waals surface area (Å²) in [6.07, 6.45) is 0. The van der Waals surface area contributed by atoms with Crippen molar-refractivity contribution in [1.82, 2.24) is 0 Å². The average Bonchev–Trinajstić information content (AvgIpc) is 2.52. The number of aliphatic hydroxyl groups is 1. The number of anilines is 1. The molecule has 0 radical (unpaired) electrons. The Morgan fingerprint density at radius 2 is 1.90 bits per heavy atom. The van der Waals surface area contributed by atoms with Crippen LogP contribution in [-0.2, 0) is 0 Å². The highest BCUT2D eigenvalue weighted by Crippen LogP contribution is 2.24. The summed E-state index contributed by atoms with van der Waals surface area (Å²) in [5.74, 6) is -0.306. The molecule has 0 atom stereocenters. The Bertz CT molecular complexity index is 656. The van der Waals surface area contributed by atoms with Crippen molar-refractivity contribution in [2.75, 3.05) is 18.5 Å². The first-order valence-corrected chi connectivity index (χ1v) is 6.36. The van der Waals surface area contributed by atoms with Gasteiger partial charge in [-0.3, -0.25) is 14.9 Å².